The van der Waals surface area contributed by atoms with E-state index in [1.807, 2.05) is 41.7 Å². The molecule has 0 spiro atoms. The fraction of sp³-hybridized carbons (Fsp3) is 0. The van der Waals surface area contributed by atoms with E-state index in [1.165, 1.54) is 25.7 Å². The van der Waals surface area contributed by atoms with Crippen molar-refractivity contribution >= 4 is 53.4 Å². The number of furan rings is 1. The van der Waals surface area contributed by atoms with E-state index in [4.69, 9.17) is 14.4 Å². The molecule has 0 amide bonds. The molecule has 0 saturated heterocycles. The highest BCUT2D eigenvalue weighted by atomic mass is 32.1. The van der Waals surface area contributed by atoms with Gasteiger partial charge in [-0.25, -0.2) is 9.97 Å². The number of nitrogens with zero attached hydrogens (tertiary/aromatic N) is 2. The first-order chi connectivity index (χ1) is 27.7. The number of hydrogen-bond donors (Lipinski definition) is 0. The van der Waals surface area contributed by atoms with Crippen LogP contribution in [0.15, 0.2) is 199 Å². The molecule has 262 valence electrons. The lowest BCUT2D eigenvalue weighted by molar-refractivity contribution is 0.669. The molecule has 0 saturated carbocycles. The third kappa shape index (κ3) is 5.67. The molecule has 0 aliphatic carbocycles. The zero-order valence-electron chi connectivity index (χ0n) is 30.2. The molecule has 11 aromatic rings. The highest BCUT2D eigenvalue weighted by Crippen LogP contribution is 2.42. The lowest BCUT2D eigenvalue weighted by Gasteiger charge is -2.14. The number of rotatable bonds is 6. The summed E-state index contributed by atoms with van der Waals surface area (Å²) in [7, 11) is 0. The van der Waals surface area contributed by atoms with Crippen LogP contribution in [0.4, 0.5) is 0 Å². The van der Waals surface area contributed by atoms with E-state index in [9.17, 15) is 0 Å². The van der Waals surface area contributed by atoms with Gasteiger partial charge >= 0.3 is 0 Å². The van der Waals surface area contributed by atoms with Gasteiger partial charge in [0.2, 0.25) is 0 Å². The summed E-state index contributed by atoms with van der Waals surface area (Å²) in [5.74, 6) is 0.688. The largest absolute Gasteiger partial charge is 0.456 e. The summed E-state index contributed by atoms with van der Waals surface area (Å²) in [6.07, 6.45) is 0. The van der Waals surface area contributed by atoms with Crippen LogP contribution in [0.25, 0.3) is 109 Å². The third-order valence-corrected chi connectivity index (χ3v) is 11.9. The second-order valence-corrected chi connectivity index (χ2v) is 15.2. The molecule has 0 aliphatic heterocycles. The Morgan fingerprint density at radius 3 is 1.79 bits per heavy atom. The van der Waals surface area contributed by atoms with Crippen molar-refractivity contribution < 1.29 is 4.42 Å². The van der Waals surface area contributed by atoms with Crippen molar-refractivity contribution in [3.63, 3.8) is 0 Å². The Labute approximate surface area is 327 Å². The van der Waals surface area contributed by atoms with Crippen LogP contribution < -0.4 is 0 Å². The Kier molecular flexibility index (Phi) is 7.68. The van der Waals surface area contributed by atoms with Gasteiger partial charge in [-0.3, -0.25) is 0 Å². The van der Waals surface area contributed by atoms with Gasteiger partial charge in [0.1, 0.15) is 11.2 Å². The number of para-hydroxylation sites is 1. The van der Waals surface area contributed by atoms with Gasteiger partial charge in [-0.2, -0.15) is 0 Å². The van der Waals surface area contributed by atoms with Gasteiger partial charge in [-0.1, -0.05) is 140 Å². The molecule has 11 rings (SSSR count). The van der Waals surface area contributed by atoms with Crippen LogP contribution in [0.1, 0.15) is 0 Å². The van der Waals surface area contributed by atoms with E-state index in [0.29, 0.717) is 5.82 Å². The molecule has 4 heteroatoms. The van der Waals surface area contributed by atoms with Crippen molar-refractivity contribution in [3.8, 4) is 67.3 Å². The number of fused-ring (bicyclic) bond motifs is 6. The summed E-state index contributed by atoms with van der Waals surface area (Å²) >= 11 is 1.86. The van der Waals surface area contributed by atoms with E-state index in [0.717, 1.165) is 77.8 Å². The molecule has 3 nitrogen and oxygen atoms in total. The van der Waals surface area contributed by atoms with Gasteiger partial charge in [-0.15, -0.1) is 11.3 Å². The van der Waals surface area contributed by atoms with Gasteiger partial charge in [-0.05, 0) is 88.0 Å². The number of benzene rings is 8. The van der Waals surface area contributed by atoms with Crippen molar-refractivity contribution in [1.29, 1.82) is 0 Å². The van der Waals surface area contributed by atoms with Crippen LogP contribution >= 0.6 is 11.3 Å². The van der Waals surface area contributed by atoms with Crippen LogP contribution in [-0.4, -0.2) is 9.97 Å². The number of aromatic nitrogens is 2. The summed E-state index contributed by atoms with van der Waals surface area (Å²) in [6, 6.07) is 68.6. The van der Waals surface area contributed by atoms with Crippen molar-refractivity contribution in [2.45, 2.75) is 0 Å². The van der Waals surface area contributed by atoms with Gasteiger partial charge in [0, 0.05) is 47.6 Å². The van der Waals surface area contributed by atoms with E-state index in [2.05, 4.69) is 164 Å². The van der Waals surface area contributed by atoms with E-state index in [1.54, 1.807) is 0 Å². The molecule has 0 bridgehead atoms. The van der Waals surface area contributed by atoms with E-state index < -0.39 is 0 Å². The molecule has 0 radical (unpaired) electrons. The first-order valence-corrected chi connectivity index (χ1v) is 19.6. The molecule has 0 atom stereocenters. The van der Waals surface area contributed by atoms with Crippen LogP contribution in [0.3, 0.4) is 0 Å². The van der Waals surface area contributed by atoms with Crippen LogP contribution in [0.5, 0.6) is 0 Å². The Bertz CT molecular complexity index is 3250. The topological polar surface area (TPSA) is 38.9 Å². The zero-order valence-corrected chi connectivity index (χ0v) is 31.0. The quantitative estimate of drug-likeness (QED) is 0.171. The molecule has 0 unspecified atom stereocenters. The second kappa shape index (κ2) is 13.3. The Morgan fingerprint density at radius 2 is 0.929 bits per heavy atom. The Balaban J connectivity index is 1.10. The third-order valence-electron chi connectivity index (χ3n) is 10.7. The Hall–Kier alpha value is -7.14. The lowest BCUT2D eigenvalue weighted by Crippen LogP contribution is -1.97. The minimum absolute atomic E-state index is 0.688. The number of hydrogen-bond acceptors (Lipinski definition) is 4. The van der Waals surface area contributed by atoms with Crippen LogP contribution in [-0.2, 0) is 0 Å². The molecule has 8 aromatic carbocycles. The minimum Gasteiger partial charge on any atom is -0.456 e. The van der Waals surface area contributed by atoms with Crippen molar-refractivity contribution in [1.82, 2.24) is 9.97 Å². The smallest absolute Gasteiger partial charge is 0.160 e. The van der Waals surface area contributed by atoms with Crippen molar-refractivity contribution in [2.75, 3.05) is 0 Å². The van der Waals surface area contributed by atoms with Crippen LogP contribution in [0, 0.1) is 0 Å². The summed E-state index contributed by atoms with van der Waals surface area (Å²) < 4.78 is 8.72. The van der Waals surface area contributed by atoms with E-state index >= 15 is 0 Å². The summed E-state index contributed by atoms with van der Waals surface area (Å²) in [5.41, 5.74) is 13.5. The maximum absolute atomic E-state index is 6.14. The second-order valence-electron chi connectivity index (χ2n) is 14.2. The summed E-state index contributed by atoms with van der Waals surface area (Å²) in [6.45, 7) is 0. The summed E-state index contributed by atoms with van der Waals surface area (Å²) in [5, 5.41) is 4.81. The maximum Gasteiger partial charge on any atom is 0.160 e. The van der Waals surface area contributed by atoms with Crippen molar-refractivity contribution in [2.24, 2.45) is 0 Å². The average Bonchev–Trinajstić information content (AvgIpc) is 3.85. The van der Waals surface area contributed by atoms with Gasteiger partial charge in [0.15, 0.2) is 5.82 Å². The Morgan fingerprint density at radius 1 is 0.339 bits per heavy atom. The molecular formula is C52H32N2OS. The van der Waals surface area contributed by atoms with Crippen LogP contribution in [0.2, 0.25) is 0 Å². The van der Waals surface area contributed by atoms with Gasteiger partial charge < -0.3 is 4.42 Å². The van der Waals surface area contributed by atoms with Crippen molar-refractivity contribution in [3.05, 3.63) is 194 Å². The molecule has 3 heterocycles. The SMILES string of the molecule is c1ccc(-c2cc(-c3cc(-c4cccc(-c5ccc6oc7ccccc7c6c5)c4)nc(-c4ccccc4)n3)cc(-c3cccc4c3sc3ccccc34)c2)cc1. The molecule has 0 aliphatic rings. The average molecular weight is 733 g/mol. The molecule has 0 fully saturated rings. The molecule has 0 N–H and O–H groups in total. The maximum atomic E-state index is 6.14. The van der Waals surface area contributed by atoms with Gasteiger partial charge in [0.25, 0.3) is 0 Å². The first kappa shape index (κ1) is 32.3. The zero-order chi connectivity index (χ0) is 37.0. The van der Waals surface area contributed by atoms with E-state index in [-0.39, 0.29) is 0 Å². The minimum atomic E-state index is 0.688. The highest BCUT2D eigenvalue weighted by molar-refractivity contribution is 7.26. The predicted molar refractivity (Wildman–Crippen MR) is 235 cm³/mol. The molecular weight excluding hydrogens is 701 g/mol. The monoisotopic (exact) mass is 732 g/mol. The standard InChI is InChI=1S/C52H32N2OS/c1-3-13-33(14-4-1)38-28-39(41-21-12-22-44-43-20-8-10-24-50(43)56-51(41)44)30-40(29-38)47-32-46(53-52(54-47)34-15-5-2-6-16-34)37-18-11-17-35(27-37)36-25-26-49-45(31-36)42-19-7-9-23-48(42)55-49/h1-32H. The molecule has 56 heavy (non-hydrogen) atoms. The first-order valence-electron chi connectivity index (χ1n) is 18.8. The lowest BCUT2D eigenvalue weighted by atomic mass is 9.93. The summed E-state index contributed by atoms with van der Waals surface area (Å²) in [4.78, 5) is 10.5. The fourth-order valence-electron chi connectivity index (χ4n) is 7.93. The normalized spacial score (nSPS) is 11.6. The predicted octanol–water partition coefficient (Wildman–Crippen LogP) is 14.7. The molecule has 3 aromatic heterocycles. The highest BCUT2D eigenvalue weighted by Gasteiger charge is 2.17. The van der Waals surface area contributed by atoms with Gasteiger partial charge in [0.05, 0.1) is 11.4 Å². The fourth-order valence-corrected chi connectivity index (χ4v) is 9.16. The number of thiophene rings is 1.